The molecule has 1 fully saturated rings. The Kier molecular flexibility index (Phi) is 4.52. The van der Waals surface area contributed by atoms with Gasteiger partial charge in [-0.15, -0.1) is 0 Å². The normalized spacial score (nSPS) is 17.4. The van der Waals surface area contributed by atoms with Gasteiger partial charge in [0, 0.05) is 12.2 Å². The van der Waals surface area contributed by atoms with E-state index >= 15 is 0 Å². The molecule has 0 radical (unpaired) electrons. The van der Waals surface area contributed by atoms with E-state index in [9.17, 15) is 0 Å². The van der Waals surface area contributed by atoms with Gasteiger partial charge in [-0.25, -0.2) is 4.68 Å². The van der Waals surface area contributed by atoms with Crippen LogP contribution in [0.1, 0.15) is 41.7 Å². The van der Waals surface area contributed by atoms with Gasteiger partial charge in [0.25, 0.3) is 0 Å². The van der Waals surface area contributed by atoms with Crippen LogP contribution in [0.25, 0.3) is 5.69 Å². The van der Waals surface area contributed by atoms with Crippen molar-refractivity contribution < 1.29 is 4.74 Å². The lowest BCUT2D eigenvalue weighted by atomic mass is 10.2. The number of benzene rings is 1. The minimum absolute atomic E-state index is 0.0608. The predicted molar refractivity (Wildman–Crippen MR) is 101 cm³/mol. The van der Waals surface area contributed by atoms with Gasteiger partial charge in [0.05, 0.1) is 23.3 Å². The van der Waals surface area contributed by atoms with Gasteiger partial charge >= 0.3 is 0 Å². The standard InChI is InChI=1S/C18H20N6OS/c1-12-15(13(2)23(22-12)14-7-4-3-5-8-14)11-19-24-17(20-21-18(24)26)16-9-6-10-25-16/h3-5,7-8,11,16H,6,9-10H2,1-2H3,(H,21,26)/t16-/m1/s1. The Morgan fingerprint density at radius 1 is 1.31 bits per heavy atom. The average Bonchev–Trinajstić information content (AvgIpc) is 3.36. The van der Waals surface area contributed by atoms with Crippen molar-refractivity contribution in [3.63, 3.8) is 0 Å². The number of ether oxygens (including phenoxy) is 1. The zero-order chi connectivity index (χ0) is 18.1. The van der Waals surface area contributed by atoms with Crippen LogP contribution < -0.4 is 0 Å². The highest BCUT2D eigenvalue weighted by atomic mass is 32.1. The lowest BCUT2D eigenvalue weighted by Gasteiger charge is -2.07. The third-order valence-corrected chi connectivity index (χ3v) is 4.81. The first-order valence-corrected chi connectivity index (χ1v) is 9.01. The van der Waals surface area contributed by atoms with Crippen LogP contribution in [0.15, 0.2) is 35.4 Å². The fraction of sp³-hybridized carbons (Fsp3) is 0.333. The smallest absolute Gasteiger partial charge is 0.216 e. The number of aromatic nitrogens is 5. The second-order valence-electron chi connectivity index (χ2n) is 6.28. The molecule has 3 heterocycles. The van der Waals surface area contributed by atoms with Gasteiger partial charge in [0.15, 0.2) is 5.82 Å². The molecule has 1 aliphatic rings. The molecule has 26 heavy (non-hydrogen) atoms. The summed E-state index contributed by atoms with van der Waals surface area (Å²) in [7, 11) is 0. The molecule has 1 aliphatic heterocycles. The number of para-hydroxylation sites is 1. The van der Waals surface area contributed by atoms with Crippen LogP contribution in [0.5, 0.6) is 0 Å². The van der Waals surface area contributed by atoms with Crippen molar-refractivity contribution in [2.45, 2.75) is 32.8 Å². The quantitative estimate of drug-likeness (QED) is 0.565. The number of hydrogen-bond donors (Lipinski definition) is 1. The minimum Gasteiger partial charge on any atom is -0.370 e. The molecule has 7 nitrogen and oxygen atoms in total. The maximum Gasteiger partial charge on any atom is 0.216 e. The zero-order valence-electron chi connectivity index (χ0n) is 14.7. The summed E-state index contributed by atoms with van der Waals surface area (Å²) in [6.07, 6.45) is 3.69. The Bertz CT molecular complexity index is 995. The van der Waals surface area contributed by atoms with Gasteiger partial charge in [-0.1, -0.05) is 18.2 Å². The first kappa shape index (κ1) is 16.9. The molecule has 2 aromatic heterocycles. The molecule has 1 saturated heterocycles. The third kappa shape index (κ3) is 3.02. The van der Waals surface area contributed by atoms with E-state index in [4.69, 9.17) is 17.0 Å². The summed E-state index contributed by atoms with van der Waals surface area (Å²) in [6.45, 7) is 4.75. The Morgan fingerprint density at radius 3 is 2.85 bits per heavy atom. The van der Waals surface area contributed by atoms with E-state index in [1.54, 1.807) is 10.9 Å². The van der Waals surface area contributed by atoms with Crippen LogP contribution >= 0.6 is 12.2 Å². The molecule has 0 amide bonds. The zero-order valence-corrected chi connectivity index (χ0v) is 15.5. The number of H-pyrrole nitrogens is 1. The summed E-state index contributed by atoms with van der Waals surface area (Å²) < 4.78 is 9.74. The second kappa shape index (κ2) is 6.97. The van der Waals surface area contributed by atoms with E-state index in [2.05, 4.69) is 20.4 Å². The summed E-state index contributed by atoms with van der Waals surface area (Å²) >= 11 is 5.33. The fourth-order valence-corrected chi connectivity index (χ4v) is 3.37. The van der Waals surface area contributed by atoms with Crippen LogP contribution in [-0.4, -0.2) is 37.5 Å². The third-order valence-electron chi connectivity index (χ3n) is 4.54. The average molecular weight is 368 g/mol. The Balaban J connectivity index is 1.69. The van der Waals surface area contributed by atoms with Gasteiger partial charge in [0.2, 0.25) is 4.77 Å². The number of nitrogens with one attached hydrogen (secondary N) is 1. The van der Waals surface area contributed by atoms with E-state index in [-0.39, 0.29) is 6.10 Å². The molecule has 0 bridgehead atoms. The molecule has 8 heteroatoms. The van der Waals surface area contributed by atoms with Crippen molar-refractivity contribution in [1.29, 1.82) is 0 Å². The highest BCUT2D eigenvalue weighted by Gasteiger charge is 2.23. The van der Waals surface area contributed by atoms with E-state index in [1.165, 1.54) is 0 Å². The summed E-state index contributed by atoms with van der Waals surface area (Å²) in [6, 6.07) is 10.0. The number of aryl methyl sites for hydroxylation is 1. The molecular formula is C18H20N6OS. The van der Waals surface area contributed by atoms with Crippen LogP contribution in [0, 0.1) is 18.6 Å². The van der Waals surface area contributed by atoms with Crippen LogP contribution in [0.4, 0.5) is 0 Å². The minimum atomic E-state index is -0.0608. The SMILES string of the molecule is Cc1nn(-c2ccccc2)c(C)c1C=Nn1c([C@H]2CCCO2)n[nH]c1=S. The topological polar surface area (TPSA) is 73.0 Å². The van der Waals surface area contributed by atoms with Crippen LogP contribution in [0.3, 0.4) is 0 Å². The summed E-state index contributed by atoms with van der Waals surface area (Å²) in [5, 5.41) is 16.3. The molecule has 0 aliphatic carbocycles. The molecule has 1 aromatic carbocycles. The van der Waals surface area contributed by atoms with E-state index in [1.807, 2.05) is 48.9 Å². The summed E-state index contributed by atoms with van der Waals surface area (Å²) in [4.78, 5) is 0. The highest BCUT2D eigenvalue weighted by molar-refractivity contribution is 7.71. The Hall–Kier alpha value is -2.58. The molecule has 0 unspecified atom stereocenters. The molecule has 4 rings (SSSR count). The highest BCUT2D eigenvalue weighted by Crippen LogP contribution is 2.27. The van der Waals surface area contributed by atoms with Crippen molar-refractivity contribution >= 4 is 18.4 Å². The first-order valence-electron chi connectivity index (χ1n) is 8.60. The number of hydrogen-bond acceptors (Lipinski definition) is 5. The van der Waals surface area contributed by atoms with Crippen molar-refractivity contribution in [3.8, 4) is 5.69 Å². The van der Waals surface area contributed by atoms with Crippen molar-refractivity contribution in [2.24, 2.45) is 5.10 Å². The summed E-state index contributed by atoms with van der Waals surface area (Å²) in [5.41, 5.74) is 3.91. The van der Waals surface area contributed by atoms with Crippen molar-refractivity contribution in [1.82, 2.24) is 24.7 Å². The molecule has 1 N–H and O–H groups in total. The predicted octanol–water partition coefficient (Wildman–Crippen LogP) is 3.48. The van der Waals surface area contributed by atoms with E-state index in [0.717, 1.165) is 47.9 Å². The Morgan fingerprint density at radius 2 is 2.12 bits per heavy atom. The van der Waals surface area contributed by atoms with Gasteiger partial charge in [-0.2, -0.15) is 20.0 Å². The van der Waals surface area contributed by atoms with Gasteiger partial charge in [-0.05, 0) is 51.0 Å². The molecule has 0 saturated carbocycles. The van der Waals surface area contributed by atoms with Gasteiger partial charge in [-0.3, -0.25) is 5.10 Å². The molecular weight excluding hydrogens is 348 g/mol. The Labute approximate surface area is 156 Å². The van der Waals surface area contributed by atoms with Gasteiger partial charge < -0.3 is 4.74 Å². The van der Waals surface area contributed by atoms with Gasteiger partial charge in [0.1, 0.15) is 6.10 Å². The molecule has 1 atom stereocenters. The maximum absolute atomic E-state index is 5.71. The summed E-state index contributed by atoms with van der Waals surface area (Å²) in [5.74, 6) is 0.717. The molecule has 3 aromatic rings. The number of aromatic amines is 1. The molecule has 134 valence electrons. The maximum atomic E-state index is 5.71. The van der Waals surface area contributed by atoms with E-state index in [0.29, 0.717) is 4.77 Å². The molecule has 0 spiro atoms. The number of rotatable bonds is 4. The lowest BCUT2D eigenvalue weighted by molar-refractivity contribution is 0.102. The lowest BCUT2D eigenvalue weighted by Crippen LogP contribution is -2.05. The fourth-order valence-electron chi connectivity index (χ4n) is 3.18. The van der Waals surface area contributed by atoms with E-state index < -0.39 is 0 Å². The van der Waals surface area contributed by atoms with Crippen molar-refractivity contribution in [3.05, 3.63) is 57.9 Å². The largest absolute Gasteiger partial charge is 0.370 e. The number of nitrogens with zero attached hydrogens (tertiary/aromatic N) is 5. The van der Waals surface area contributed by atoms with Crippen LogP contribution in [0.2, 0.25) is 0 Å². The van der Waals surface area contributed by atoms with Crippen LogP contribution in [-0.2, 0) is 4.74 Å². The monoisotopic (exact) mass is 368 g/mol. The first-order chi connectivity index (χ1) is 12.6. The van der Waals surface area contributed by atoms with Crippen molar-refractivity contribution in [2.75, 3.05) is 6.61 Å². The second-order valence-corrected chi connectivity index (χ2v) is 6.66.